The smallest absolute Gasteiger partial charge is 0.409 e. The Morgan fingerprint density at radius 3 is 2.64 bits per heavy atom. The number of nitrogens with zero attached hydrogens (tertiary/aromatic N) is 4. The van der Waals surface area contributed by atoms with Crippen LogP contribution in [0.5, 0.6) is 0 Å². The van der Waals surface area contributed by atoms with Gasteiger partial charge in [-0.25, -0.2) is 14.8 Å². The van der Waals surface area contributed by atoms with Crippen molar-refractivity contribution >= 4 is 17.9 Å². The van der Waals surface area contributed by atoms with E-state index in [-0.39, 0.29) is 18.0 Å². The van der Waals surface area contributed by atoms with Gasteiger partial charge in [-0.3, -0.25) is 4.79 Å². The third kappa shape index (κ3) is 6.95. The summed E-state index contributed by atoms with van der Waals surface area (Å²) >= 11 is 0. The molecule has 28 heavy (non-hydrogen) atoms. The predicted molar refractivity (Wildman–Crippen MR) is 108 cm³/mol. The van der Waals surface area contributed by atoms with Crippen LogP contribution in [-0.4, -0.2) is 84.7 Å². The Hall–Kier alpha value is -2.42. The Bertz CT molecular complexity index is 659. The molecule has 0 radical (unpaired) electrons. The summed E-state index contributed by atoms with van der Waals surface area (Å²) in [6, 6.07) is 1.71. The molecule has 0 aromatic carbocycles. The highest BCUT2D eigenvalue weighted by Gasteiger charge is 2.25. The number of aromatic nitrogens is 2. The van der Waals surface area contributed by atoms with Crippen molar-refractivity contribution in [2.24, 2.45) is 0 Å². The maximum absolute atomic E-state index is 12.6. The minimum absolute atomic E-state index is 0.0185. The molecule has 1 aliphatic rings. The first-order valence-electron chi connectivity index (χ1n) is 9.86. The van der Waals surface area contributed by atoms with Crippen molar-refractivity contribution in [3.8, 4) is 0 Å². The molecule has 156 valence electrons. The molecule has 9 heteroatoms. The number of carbonyl (C=O) groups excluding carboxylic acids is 2. The van der Waals surface area contributed by atoms with Crippen LogP contribution in [0, 0.1) is 6.92 Å². The van der Waals surface area contributed by atoms with Crippen LogP contribution in [0.1, 0.15) is 42.4 Å². The summed E-state index contributed by atoms with van der Waals surface area (Å²) < 4.78 is 5.02. The second-order valence-electron chi connectivity index (χ2n) is 7.24. The first-order chi connectivity index (χ1) is 13.4. The maximum Gasteiger partial charge on any atom is 0.409 e. The molecule has 0 spiro atoms. The lowest BCUT2D eigenvalue weighted by Crippen LogP contribution is -2.46. The minimum Gasteiger partial charge on any atom is -0.450 e. The standard InChI is InChI=1S/C19H32N6O3/c1-5-28-19(27)25-11-7-15(8-12-25)22-17(26)16-13-14(2)21-18(23-16)20-9-6-10-24(3)4/h13,15H,5-12H2,1-4H3,(H,22,26)(H,20,21,23). The van der Waals surface area contributed by atoms with Crippen molar-refractivity contribution in [3.05, 3.63) is 17.5 Å². The summed E-state index contributed by atoms with van der Waals surface area (Å²) in [5, 5.41) is 6.20. The van der Waals surface area contributed by atoms with Gasteiger partial charge >= 0.3 is 6.09 Å². The van der Waals surface area contributed by atoms with Gasteiger partial charge < -0.3 is 25.2 Å². The lowest BCUT2D eigenvalue weighted by Gasteiger charge is -2.31. The van der Waals surface area contributed by atoms with Crippen LogP contribution in [0.15, 0.2) is 6.07 Å². The largest absolute Gasteiger partial charge is 0.450 e. The van der Waals surface area contributed by atoms with Gasteiger partial charge in [0.15, 0.2) is 0 Å². The van der Waals surface area contributed by atoms with Crippen LogP contribution >= 0.6 is 0 Å². The lowest BCUT2D eigenvalue weighted by molar-refractivity contribution is 0.0856. The molecule has 0 atom stereocenters. The van der Waals surface area contributed by atoms with Crippen LogP contribution in [-0.2, 0) is 4.74 Å². The summed E-state index contributed by atoms with van der Waals surface area (Å²) in [5.41, 5.74) is 1.10. The Morgan fingerprint density at radius 2 is 2.00 bits per heavy atom. The molecule has 1 aromatic rings. The highest BCUT2D eigenvalue weighted by molar-refractivity contribution is 5.92. The van der Waals surface area contributed by atoms with E-state index in [2.05, 4.69) is 25.5 Å². The number of nitrogens with one attached hydrogen (secondary N) is 2. The Labute approximate surface area is 166 Å². The molecule has 1 fully saturated rings. The number of aryl methyl sites for hydroxylation is 1. The van der Waals surface area contributed by atoms with Gasteiger partial charge in [-0.15, -0.1) is 0 Å². The summed E-state index contributed by atoms with van der Waals surface area (Å²) in [7, 11) is 4.06. The number of piperidine rings is 1. The van der Waals surface area contributed by atoms with Crippen molar-refractivity contribution < 1.29 is 14.3 Å². The lowest BCUT2D eigenvalue weighted by atomic mass is 10.1. The summed E-state index contributed by atoms with van der Waals surface area (Å²) in [6.07, 6.45) is 2.07. The second kappa shape index (κ2) is 10.8. The molecular weight excluding hydrogens is 360 g/mol. The summed E-state index contributed by atoms with van der Waals surface area (Å²) in [5.74, 6) is 0.262. The van der Waals surface area contributed by atoms with Gasteiger partial charge in [-0.05, 0) is 59.8 Å². The second-order valence-corrected chi connectivity index (χ2v) is 7.24. The number of carbonyl (C=O) groups is 2. The van der Waals surface area contributed by atoms with Crippen molar-refractivity contribution in [1.82, 2.24) is 25.1 Å². The van der Waals surface area contributed by atoms with Crippen molar-refractivity contribution in [2.75, 3.05) is 52.2 Å². The van der Waals surface area contributed by atoms with Gasteiger partial charge in [0.05, 0.1) is 6.61 Å². The van der Waals surface area contributed by atoms with Gasteiger partial charge in [0, 0.05) is 31.4 Å². The van der Waals surface area contributed by atoms with E-state index in [0.29, 0.717) is 44.2 Å². The number of likely N-dealkylation sites (tertiary alicyclic amines) is 1. The molecule has 0 aliphatic carbocycles. The van der Waals surface area contributed by atoms with Crippen LogP contribution in [0.4, 0.5) is 10.7 Å². The fourth-order valence-electron chi connectivity index (χ4n) is 3.04. The number of ether oxygens (including phenoxy) is 1. The van der Waals surface area contributed by atoms with Crippen LogP contribution in [0.3, 0.4) is 0 Å². The summed E-state index contributed by atoms with van der Waals surface area (Å²) in [4.78, 5) is 36.9. The van der Waals surface area contributed by atoms with E-state index >= 15 is 0 Å². The number of hydrogen-bond donors (Lipinski definition) is 2. The SMILES string of the molecule is CCOC(=O)N1CCC(NC(=O)c2cc(C)nc(NCCCN(C)C)n2)CC1. The Kier molecular flexibility index (Phi) is 8.43. The molecule has 2 amide bonds. The van der Waals surface area contributed by atoms with Crippen molar-refractivity contribution in [1.29, 1.82) is 0 Å². The van der Waals surface area contributed by atoms with Crippen LogP contribution in [0.2, 0.25) is 0 Å². The zero-order valence-corrected chi connectivity index (χ0v) is 17.3. The third-order valence-corrected chi connectivity index (χ3v) is 4.51. The number of rotatable bonds is 8. The number of anilines is 1. The first kappa shape index (κ1) is 21.9. The molecule has 0 bridgehead atoms. The molecule has 2 heterocycles. The monoisotopic (exact) mass is 392 g/mol. The van der Waals surface area contributed by atoms with E-state index in [4.69, 9.17) is 4.74 Å². The van der Waals surface area contributed by atoms with Crippen molar-refractivity contribution in [3.63, 3.8) is 0 Å². The van der Waals surface area contributed by atoms with Crippen LogP contribution < -0.4 is 10.6 Å². The zero-order chi connectivity index (χ0) is 20.5. The molecule has 9 nitrogen and oxygen atoms in total. The molecule has 1 aromatic heterocycles. The molecule has 2 rings (SSSR count). The van der Waals surface area contributed by atoms with E-state index in [1.807, 2.05) is 21.0 Å². The fraction of sp³-hybridized carbons (Fsp3) is 0.684. The van der Waals surface area contributed by atoms with Gasteiger partial charge in [0.2, 0.25) is 5.95 Å². The van der Waals surface area contributed by atoms with Crippen LogP contribution in [0.25, 0.3) is 0 Å². The molecule has 0 unspecified atom stereocenters. The quantitative estimate of drug-likeness (QED) is 0.647. The van der Waals surface area contributed by atoms with Crippen molar-refractivity contribution in [2.45, 2.75) is 39.2 Å². The summed E-state index contributed by atoms with van der Waals surface area (Å²) in [6.45, 7) is 6.87. The average Bonchev–Trinajstić information content (AvgIpc) is 2.65. The van der Waals surface area contributed by atoms with Gasteiger partial charge in [-0.2, -0.15) is 0 Å². The van der Waals surface area contributed by atoms with Gasteiger partial charge in [0.25, 0.3) is 5.91 Å². The average molecular weight is 393 g/mol. The topological polar surface area (TPSA) is 99.7 Å². The fourth-order valence-corrected chi connectivity index (χ4v) is 3.04. The van der Waals surface area contributed by atoms with E-state index in [1.54, 1.807) is 17.9 Å². The van der Waals surface area contributed by atoms with Gasteiger partial charge in [0.1, 0.15) is 5.69 Å². The maximum atomic E-state index is 12.6. The van der Waals surface area contributed by atoms with E-state index in [0.717, 1.165) is 25.2 Å². The number of amides is 2. The molecule has 2 N–H and O–H groups in total. The molecule has 1 saturated heterocycles. The third-order valence-electron chi connectivity index (χ3n) is 4.51. The Morgan fingerprint density at radius 1 is 1.29 bits per heavy atom. The van der Waals surface area contributed by atoms with Gasteiger partial charge in [-0.1, -0.05) is 0 Å². The highest BCUT2D eigenvalue weighted by atomic mass is 16.6. The first-order valence-corrected chi connectivity index (χ1v) is 9.86. The molecule has 0 saturated carbocycles. The molecular formula is C19H32N6O3. The van der Waals surface area contributed by atoms with E-state index in [9.17, 15) is 9.59 Å². The molecule has 1 aliphatic heterocycles. The Balaban J connectivity index is 1.86. The van der Waals surface area contributed by atoms with E-state index < -0.39 is 0 Å². The zero-order valence-electron chi connectivity index (χ0n) is 17.3. The predicted octanol–water partition coefficient (Wildman–Crippen LogP) is 1.50. The van der Waals surface area contributed by atoms with E-state index in [1.165, 1.54) is 0 Å². The highest BCUT2D eigenvalue weighted by Crippen LogP contribution is 2.13. The minimum atomic E-state index is -0.288. The normalized spacial score (nSPS) is 14.8. The number of hydrogen-bond acceptors (Lipinski definition) is 7.